The van der Waals surface area contributed by atoms with Gasteiger partial charge in [0.2, 0.25) is 0 Å². The van der Waals surface area contributed by atoms with Gasteiger partial charge in [0.25, 0.3) is 0 Å². The lowest BCUT2D eigenvalue weighted by Gasteiger charge is -2.05. The van der Waals surface area contributed by atoms with Crippen molar-refractivity contribution in [1.82, 2.24) is 0 Å². The molecule has 0 bridgehead atoms. The number of aliphatic hydroxyl groups excluding tert-OH is 1. The Balaban J connectivity index is 2.75. The first kappa shape index (κ1) is 9.48. The average Bonchev–Trinajstić information content (AvgIpc) is 2.07. The van der Waals surface area contributed by atoms with Gasteiger partial charge >= 0.3 is 0 Å². The number of benzene rings is 1. The van der Waals surface area contributed by atoms with Crippen molar-refractivity contribution in [3.8, 4) is 5.75 Å². The number of aliphatic hydroxyl groups is 1. The highest BCUT2D eigenvalue weighted by Crippen LogP contribution is 2.25. The fourth-order valence-electron chi connectivity index (χ4n) is 0.743. The summed E-state index contributed by atoms with van der Waals surface area (Å²) in [6.45, 7) is 0.0883. The Bertz CT molecular complexity index is 265. The van der Waals surface area contributed by atoms with Gasteiger partial charge in [-0.15, -0.1) is 0 Å². The van der Waals surface area contributed by atoms with Crippen LogP contribution in [0.2, 0.25) is 0 Å². The van der Waals surface area contributed by atoms with E-state index in [0.29, 0.717) is 10.2 Å². The van der Waals surface area contributed by atoms with Crippen LogP contribution in [0.3, 0.4) is 0 Å². The van der Waals surface area contributed by atoms with Crippen molar-refractivity contribution in [2.24, 2.45) is 0 Å². The molecule has 0 fully saturated rings. The molecule has 0 spiro atoms. The van der Waals surface area contributed by atoms with Crippen molar-refractivity contribution in [2.45, 2.75) is 0 Å². The highest BCUT2D eigenvalue weighted by atomic mass is 79.9. The highest BCUT2D eigenvalue weighted by molar-refractivity contribution is 9.10. The molecule has 0 heterocycles. The summed E-state index contributed by atoms with van der Waals surface area (Å²) in [6.07, 6.45) is 0. The summed E-state index contributed by atoms with van der Waals surface area (Å²) in [4.78, 5) is 0. The van der Waals surface area contributed by atoms with Gasteiger partial charge in [0.15, 0.2) is 0 Å². The SMILES string of the molecule is OCCOc1cc(F)ccc1Br. The van der Waals surface area contributed by atoms with Gasteiger partial charge in [0.1, 0.15) is 18.2 Å². The number of hydrogen-bond acceptors (Lipinski definition) is 2. The molecule has 0 unspecified atom stereocenters. The summed E-state index contributed by atoms with van der Waals surface area (Å²) in [7, 11) is 0. The van der Waals surface area contributed by atoms with Crippen LogP contribution in [-0.4, -0.2) is 18.3 Å². The molecule has 66 valence electrons. The predicted molar refractivity (Wildman–Crippen MR) is 46.7 cm³/mol. The smallest absolute Gasteiger partial charge is 0.136 e. The van der Waals surface area contributed by atoms with E-state index >= 15 is 0 Å². The normalized spacial score (nSPS) is 9.92. The zero-order valence-electron chi connectivity index (χ0n) is 6.26. The molecule has 2 nitrogen and oxygen atoms in total. The summed E-state index contributed by atoms with van der Waals surface area (Å²) >= 11 is 3.19. The summed E-state index contributed by atoms with van der Waals surface area (Å²) < 4.78 is 18.3. The van der Waals surface area contributed by atoms with Gasteiger partial charge in [-0.3, -0.25) is 0 Å². The first-order valence-electron chi connectivity index (χ1n) is 3.43. The standard InChI is InChI=1S/C8H8BrFO2/c9-7-2-1-6(10)5-8(7)12-4-3-11/h1-2,5,11H,3-4H2. The van der Waals surface area contributed by atoms with E-state index in [1.165, 1.54) is 12.1 Å². The zero-order valence-corrected chi connectivity index (χ0v) is 7.84. The second kappa shape index (κ2) is 4.42. The average molecular weight is 235 g/mol. The first-order chi connectivity index (χ1) is 5.74. The third kappa shape index (κ3) is 2.46. The van der Waals surface area contributed by atoms with Crippen LogP contribution in [0, 0.1) is 5.82 Å². The van der Waals surface area contributed by atoms with Gasteiger partial charge < -0.3 is 9.84 Å². The van der Waals surface area contributed by atoms with Crippen molar-refractivity contribution < 1.29 is 14.2 Å². The number of rotatable bonds is 3. The molecule has 1 aromatic carbocycles. The van der Waals surface area contributed by atoms with Crippen molar-refractivity contribution in [3.05, 3.63) is 28.5 Å². The molecule has 1 N–H and O–H groups in total. The Labute approximate surface area is 78.1 Å². The summed E-state index contributed by atoms with van der Waals surface area (Å²) in [5.41, 5.74) is 0. The molecular weight excluding hydrogens is 227 g/mol. The van der Waals surface area contributed by atoms with Gasteiger partial charge in [0, 0.05) is 6.07 Å². The second-order valence-electron chi connectivity index (χ2n) is 2.15. The minimum absolute atomic E-state index is 0.0804. The molecule has 0 amide bonds. The fourth-order valence-corrected chi connectivity index (χ4v) is 1.10. The quantitative estimate of drug-likeness (QED) is 0.867. The number of ether oxygens (including phenoxy) is 1. The maximum Gasteiger partial charge on any atom is 0.136 e. The molecule has 0 saturated heterocycles. The molecular formula is C8H8BrFO2. The molecule has 0 aliphatic rings. The highest BCUT2D eigenvalue weighted by Gasteiger charge is 2.01. The van der Waals surface area contributed by atoms with E-state index in [2.05, 4.69) is 15.9 Å². The lowest BCUT2D eigenvalue weighted by Crippen LogP contribution is -2.02. The Morgan fingerprint density at radius 2 is 2.25 bits per heavy atom. The lowest BCUT2D eigenvalue weighted by atomic mass is 10.3. The van der Waals surface area contributed by atoms with Gasteiger partial charge in [0.05, 0.1) is 11.1 Å². The first-order valence-corrected chi connectivity index (χ1v) is 4.22. The van der Waals surface area contributed by atoms with Crippen LogP contribution >= 0.6 is 15.9 Å². The predicted octanol–water partition coefficient (Wildman–Crippen LogP) is 1.96. The van der Waals surface area contributed by atoms with Crippen molar-refractivity contribution in [3.63, 3.8) is 0 Å². The van der Waals surface area contributed by atoms with Crippen LogP contribution in [0.4, 0.5) is 4.39 Å². The molecule has 4 heteroatoms. The van der Waals surface area contributed by atoms with E-state index in [4.69, 9.17) is 9.84 Å². The topological polar surface area (TPSA) is 29.5 Å². The Morgan fingerprint density at radius 1 is 1.50 bits per heavy atom. The van der Waals surface area contributed by atoms with Gasteiger partial charge in [-0.05, 0) is 28.1 Å². The van der Waals surface area contributed by atoms with Crippen LogP contribution < -0.4 is 4.74 Å². The van der Waals surface area contributed by atoms with Gasteiger partial charge in [-0.25, -0.2) is 4.39 Å². The van der Waals surface area contributed by atoms with Crippen molar-refractivity contribution in [2.75, 3.05) is 13.2 Å². The maximum absolute atomic E-state index is 12.6. The van der Waals surface area contributed by atoms with E-state index in [1.54, 1.807) is 6.07 Å². The van der Waals surface area contributed by atoms with Crippen LogP contribution in [-0.2, 0) is 0 Å². The molecule has 0 saturated carbocycles. The number of halogens is 2. The molecule has 1 rings (SSSR count). The summed E-state index contributed by atoms with van der Waals surface area (Å²) in [5.74, 6) is 0.0511. The number of hydrogen-bond donors (Lipinski definition) is 1. The second-order valence-corrected chi connectivity index (χ2v) is 3.00. The monoisotopic (exact) mass is 234 g/mol. The van der Waals surface area contributed by atoms with Crippen molar-refractivity contribution in [1.29, 1.82) is 0 Å². The largest absolute Gasteiger partial charge is 0.490 e. The van der Waals surface area contributed by atoms with E-state index in [1.807, 2.05) is 0 Å². The third-order valence-electron chi connectivity index (χ3n) is 1.24. The maximum atomic E-state index is 12.6. The molecule has 12 heavy (non-hydrogen) atoms. The Morgan fingerprint density at radius 3 is 2.92 bits per heavy atom. The van der Waals surface area contributed by atoms with E-state index in [-0.39, 0.29) is 19.0 Å². The minimum Gasteiger partial charge on any atom is -0.490 e. The van der Waals surface area contributed by atoms with Crippen LogP contribution in [0.5, 0.6) is 5.75 Å². The zero-order chi connectivity index (χ0) is 8.97. The molecule has 0 aliphatic carbocycles. The fraction of sp³-hybridized carbons (Fsp3) is 0.250. The molecule has 0 radical (unpaired) electrons. The third-order valence-corrected chi connectivity index (χ3v) is 1.90. The van der Waals surface area contributed by atoms with E-state index in [0.717, 1.165) is 0 Å². The van der Waals surface area contributed by atoms with Crippen LogP contribution in [0.25, 0.3) is 0 Å². The van der Waals surface area contributed by atoms with Crippen LogP contribution in [0.1, 0.15) is 0 Å². The lowest BCUT2D eigenvalue weighted by molar-refractivity contribution is 0.200. The van der Waals surface area contributed by atoms with Gasteiger partial charge in [-0.1, -0.05) is 0 Å². The van der Waals surface area contributed by atoms with E-state index in [9.17, 15) is 4.39 Å². The molecule has 0 aliphatic heterocycles. The van der Waals surface area contributed by atoms with Gasteiger partial charge in [-0.2, -0.15) is 0 Å². The molecule has 0 aromatic heterocycles. The van der Waals surface area contributed by atoms with Crippen LogP contribution in [0.15, 0.2) is 22.7 Å². The molecule has 0 atom stereocenters. The minimum atomic E-state index is -0.355. The van der Waals surface area contributed by atoms with E-state index < -0.39 is 0 Å². The Hall–Kier alpha value is -0.610. The Kier molecular flexibility index (Phi) is 3.49. The summed E-state index contributed by atoms with van der Waals surface area (Å²) in [5, 5.41) is 8.45. The van der Waals surface area contributed by atoms with Crippen molar-refractivity contribution >= 4 is 15.9 Å². The molecule has 1 aromatic rings. The summed E-state index contributed by atoms with van der Waals surface area (Å²) in [6, 6.07) is 4.15.